The Hall–Kier alpha value is -1.07. The number of nitrogens with one attached hydrogen (secondary N) is 1. The van der Waals surface area contributed by atoms with E-state index in [-0.39, 0.29) is 0 Å². The van der Waals surface area contributed by atoms with E-state index >= 15 is 0 Å². The number of alkyl halides is 3. The van der Waals surface area contributed by atoms with Crippen LogP contribution in [-0.4, -0.2) is 37.3 Å². The minimum absolute atomic E-state index is 0.319. The molecule has 1 N–H and O–H groups in total. The van der Waals surface area contributed by atoms with Gasteiger partial charge in [0.25, 0.3) is 0 Å². The van der Waals surface area contributed by atoms with Crippen LogP contribution in [0.25, 0.3) is 0 Å². The van der Waals surface area contributed by atoms with Crippen LogP contribution in [0.1, 0.15) is 43.4 Å². The molecule has 0 aromatic heterocycles. The average molecular weight is 300 g/mol. The zero-order valence-corrected chi connectivity index (χ0v) is 12.6. The lowest BCUT2D eigenvalue weighted by Crippen LogP contribution is -2.46. The molecule has 1 heterocycles. The van der Waals surface area contributed by atoms with Gasteiger partial charge in [-0.2, -0.15) is 13.2 Å². The van der Waals surface area contributed by atoms with Crippen LogP contribution < -0.4 is 5.32 Å². The average Bonchev–Trinajstić information content (AvgIpc) is 2.45. The number of piperazine rings is 1. The molecule has 1 aliphatic rings. The van der Waals surface area contributed by atoms with E-state index < -0.39 is 18.6 Å². The molecule has 1 atom stereocenters. The van der Waals surface area contributed by atoms with Crippen molar-refractivity contribution in [2.24, 2.45) is 0 Å². The van der Waals surface area contributed by atoms with Crippen LogP contribution >= 0.6 is 0 Å². The quantitative estimate of drug-likeness (QED) is 0.912. The van der Waals surface area contributed by atoms with Crippen molar-refractivity contribution in [1.82, 2.24) is 10.2 Å². The first-order valence-corrected chi connectivity index (χ1v) is 7.48. The molecule has 1 saturated heterocycles. The molecule has 2 rings (SSSR count). The Morgan fingerprint density at radius 2 is 1.76 bits per heavy atom. The van der Waals surface area contributed by atoms with Crippen molar-refractivity contribution < 1.29 is 13.2 Å². The maximum absolute atomic E-state index is 13.0. The highest BCUT2D eigenvalue weighted by Gasteiger charge is 2.36. The molecule has 1 aromatic rings. The molecular formula is C16H23F3N2. The molecule has 0 saturated carbocycles. The SMILES string of the molecule is CC(C)c1cccc([C@@H](CC(F)(F)F)N2CCNCC2)c1. The van der Waals surface area contributed by atoms with E-state index in [9.17, 15) is 13.2 Å². The van der Waals surface area contributed by atoms with Gasteiger partial charge in [-0.25, -0.2) is 0 Å². The third-order valence-corrected chi connectivity index (χ3v) is 3.98. The summed E-state index contributed by atoms with van der Waals surface area (Å²) in [6, 6.07) is 7.03. The number of hydrogen-bond acceptors (Lipinski definition) is 2. The van der Waals surface area contributed by atoms with Gasteiger partial charge in [-0.15, -0.1) is 0 Å². The van der Waals surface area contributed by atoms with E-state index in [0.717, 1.165) is 24.2 Å². The summed E-state index contributed by atoms with van der Waals surface area (Å²) in [6.07, 6.45) is -4.93. The van der Waals surface area contributed by atoms with Crippen molar-refractivity contribution in [3.05, 3.63) is 35.4 Å². The Kier molecular flexibility index (Phi) is 5.27. The van der Waals surface area contributed by atoms with Gasteiger partial charge in [0.1, 0.15) is 0 Å². The second-order valence-electron chi connectivity index (χ2n) is 5.95. The Morgan fingerprint density at radius 3 is 2.33 bits per heavy atom. The molecule has 0 spiro atoms. The fraction of sp³-hybridized carbons (Fsp3) is 0.625. The van der Waals surface area contributed by atoms with Crippen LogP contribution in [0.3, 0.4) is 0 Å². The van der Waals surface area contributed by atoms with E-state index in [1.807, 2.05) is 29.2 Å². The van der Waals surface area contributed by atoms with Crippen LogP contribution in [0.15, 0.2) is 24.3 Å². The van der Waals surface area contributed by atoms with Crippen LogP contribution in [-0.2, 0) is 0 Å². The predicted molar refractivity (Wildman–Crippen MR) is 78.4 cm³/mol. The van der Waals surface area contributed by atoms with Crippen molar-refractivity contribution >= 4 is 0 Å². The zero-order valence-electron chi connectivity index (χ0n) is 12.6. The topological polar surface area (TPSA) is 15.3 Å². The molecule has 0 bridgehead atoms. The van der Waals surface area contributed by atoms with Gasteiger partial charge in [0.15, 0.2) is 0 Å². The highest BCUT2D eigenvalue weighted by atomic mass is 19.4. The number of rotatable bonds is 4. The highest BCUT2D eigenvalue weighted by molar-refractivity contribution is 5.28. The lowest BCUT2D eigenvalue weighted by atomic mass is 9.95. The lowest BCUT2D eigenvalue weighted by Gasteiger charge is -2.36. The summed E-state index contributed by atoms with van der Waals surface area (Å²) in [5.41, 5.74) is 1.87. The van der Waals surface area contributed by atoms with E-state index in [1.54, 1.807) is 0 Å². The molecular weight excluding hydrogens is 277 g/mol. The van der Waals surface area contributed by atoms with Crippen molar-refractivity contribution in [2.45, 2.75) is 38.4 Å². The number of hydrogen-bond donors (Lipinski definition) is 1. The van der Waals surface area contributed by atoms with E-state index in [0.29, 0.717) is 19.0 Å². The van der Waals surface area contributed by atoms with Crippen LogP contribution in [0.2, 0.25) is 0 Å². The van der Waals surface area contributed by atoms with Crippen molar-refractivity contribution in [3.8, 4) is 0 Å². The molecule has 0 aliphatic carbocycles. The Labute approximate surface area is 124 Å². The van der Waals surface area contributed by atoms with Crippen LogP contribution in [0.5, 0.6) is 0 Å². The van der Waals surface area contributed by atoms with Gasteiger partial charge in [-0.05, 0) is 17.0 Å². The second-order valence-corrected chi connectivity index (χ2v) is 5.95. The molecule has 0 amide bonds. The Morgan fingerprint density at radius 1 is 1.14 bits per heavy atom. The minimum Gasteiger partial charge on any atom is -0.314 e. The van der Waals surface area contributed by atoms with Crippen molar-refractivity contribution in [1.29, 1.82) is 0 Å². The zero-order chi connectivity index (χ0) is 15.5. The summed E-state index contributed by atoms with van der Waals surface area (Å²) in [5.74, 6) is 0.319. The monoisotopic (exact) mass is 300 g/mol. The summed E-state index contributed by atoms with van der Waals surface area (Å²) >= 11 is 0. The second kappa shape index (κ2) is 6.79. The Balaban J connectivity index is 2.27. The molecule has 1 fully saturated rings. The first-order chi connectivity index (χ1) is 9.87. The van der Waals surface area contributed by atoms with E-state index in [1.165, 1.54) is 0 Å². The van der Waals surface area contributed by atoms with Gasteiger partial charge < -0.3 is 5.32 Å². The van der Waals surface area contributed by atoms with Gasteiger partial charge in [-0.3, -0.25) is 4.90 Å². The predicted octanol–water partition coefficient (Wildman–Crippen LogP) is 3.71. The van der Waals surface area contributed by atoms with Gasteiger partial charge >= 0.3 is 6.18 Å². The maximum atomic E-state index is 13.0. The number of halogens is 3. The molecule has 0 radical (unpaired) electrons. The molecule has 21 heavy (non-hydrogen) atoms. The van der Waals surface area contributed by atoms with E-state index in [2.05, 4.69) is 19.2 Å². The van der Waals surface area contributed by atoms with Gasteiger partial charge in [0.05, 0.1) is 6.42 Å². The summed E-state index contributed by atoms with van der Waals surface area (Å²) in [4.78, 5) is 1.95. The van der Waals surface area contributed by atoms with Gasteiger partial charge in [0.2, 0.25) is 0 Å². The number of benzene rings is 1. The molecule has 2 nitrogen and oxygen atoms in total. The normalized spacial score (nSPS) is 19.0. The van der Waals surface area contributed by atoms with Gasteiger partial charge in [-0.1, -0.05) is 38.1 Å². The maximum Gasteiger partial charge on any atom is 0.390 e. The largest absolute Gasteiger partial charge is 0.390 e. The van der Waals surface area contributed by atoms with Gasteiger partial charge in [0, 0.05) is 32.2 Å². The highest BCUT2D eigenvalue weighted by Crippen LogP contribution is 2.34. The Bertz CT molecular complexity index is 451. The molecule has 1 aromatic carbocycles. The van der Waals surface area contributed by atoms with Crippen LogP contribution in [0, 0.1) is 0 Å². The molecule has 0 unspecified atom stereocenters. The summed E-state index contributed by atoms with van der Waals surface area (Å²) < 4.78 is 38.9. The summed E-state index contributed by atoms with van der Waals surface area (Å²) in [7, 11) is 0. The van der Waals surface area contributed by atoms with E-state index in [4.69, 9.17) is 0 Å². The van der Waals surface area contributed by atoms with Crippen molar-refractivity contribution in [2.75, 3.05) is 26.2 Å². The fourth-order valence-electron chi connectivity index (χ4n) is 2.80. The summed E-state index contributed by atoms with van der Waals surface area (Å²) in [5, 5.41) is 3.19. The fourth-order valence-corrected chi connectivity index (χ4v) is 2.80. The standard InChI is InChI=1S/C16H23F3N2/c1-12(2)13-4-3-5-14(10-13)15(11-16(17,18)19)21-8-6-20-7-9-21/h3-5,10,12,15,20H,6-9,11H2,1-2H3/t15-/m1/s1. The number of nitrogens with zero attached hydrogens (tertiary/aromatic N) is 1. The molecule has 1 aliphatic heterocycles. The molecule has 118 valence electrons. The minimum atomic E-state index is -4.15. The first-order valence-electron chi connectivity index (χ1n) is 7.48. The first kappa shape index (κ1) is 16.3. The summed E-state index contributed by atoms with van der Waals surface area (Å²) in [6.45, 7) is 6.93. The third-order valence-electron chi connectivity index (χ3n) is 3.98. The third kappa shape index (κ3) is 4.71. The lowest BCUT2D eigenvalue weighted by molar-refractivity contribution is -0.148. The van der Waals surface area contributed by atoms with Crippen LogP contribution in [0.4, 0.5) is 13.2 Å². The van der Waals surface area contributed by atoms with Crippen molar-refractivity contribution in [3.63, 3.8) is 0 Å². The smallest absolute Gasteiger partial charge is 0.314 e. The molecule has 5 heteroatoms.